The molecule has 0 aliphatic heterocycles. The van der Waals surface area contributed by atoms with Gasteiger partial charge in [0.05, 0.1) is 17.7 Å². The van der Waals surface area contributed by atoms with Crippen molar-refractivity contribution in [2.75, 3.05) is 6.54 Å². The minimum absolute atomic E-state index is 0.116. The molecule has 5 heteroatoms. The molecule has 1 aliphatic rings. The quantitative estimate of drug-likeness (QED) is 0.757. The van der Waals surface area contributed by atoms with E-state index >= 15 is 0 Å². The minimum atomic E-state index is -0.703. The first-order valence-corrected chi connectivity index (χ1v) is 7.91. The smallest absolute Gasteiger partial charge is 0.315 e. The molecule has 0 saturated heterocycles. The Hall–Kier alpha value is -1.75. The highest BCUT2D eigenvalue weighted by Crippen LogP contribution is 2.30. The van der Waals surface area contributed by atoms with Gasteiger partial charge in [0.2, 0.25) is 0 Å². The number of rotatable bonds is 6. The van der Waals surface area contributed by atoms with Crippen molar-refractivity contribution in [1.82, 2.24) is 10.6 Å². The lowest BCUT2D eigenvalue weighted by Gasteiger charge is -2.36. The highest BCUT2D eigenvalue weighted by Gasteiger charge is 2.34. The monoisotopic (exact) mass is 306 g/mol. The summed E-state index contributed by atoms with van der Waals surface area (Å²) in [6.45, 7) is 6.19. The molecule has 0 bridgehead atoms. The first kappa shape index (κ1) is 16.6. The molecule has 0 spiro atoms. The van der Waals surface area contributed by atoms with Crippen molar-refractivity contribution in [3.8, 4) is 5.75 Å². The van der Waals surface area contributed by atoms with Gasteiger partial charge in [0, 0.05) is 6.54 Å². The van der Waals surface area contributed by atoms with E-state index in [1.807, 2.05) is 45.0 Å². The Kier molecular flexibility index (Phi) is 5.29. The van der Waals surface area contributed by atoms with E-state index in [0.717, 1.165) is 30.6 Å². The maximum absolute atomic E-state index is 11.9. The van der Waals surface area contributed by atoms with Crippen molar-refractivity contribution in [2.24, 2.45) is 0 Å². The van der Waals surface area contributed by atoms with E-state index in [1.54, 1.807) is 0 Å². The lowest BCUT2D eigenvalue weighted by molar-refractivity contribution is -0.0290. The second-order valence-corrected chi connectivity index (χ2v) is 6.37. The third-order valence-corrected chi connectivity index (χ3v) is 3.94. The Labute approximate surface area is 132 Å². The SMILES string of the molecule is CC(C)Oc1cccc(C(C)NC(=O)NCC2(O)CCC2)c1. The van der Waals surface area contributed by atoms with Gasteiger partial charge in [-0.1, -0.05) is 12.1 Å². The lowest BCUT2D eigenvalue weighted by Crippen LogP contribution is -2.50. The predicted octanol–water partition coefficient (Wildman–Crippen LogP) is 2.75. The average Bonchev–Trinajstić information content (AvgIpc) is 2.42. The summed E-state index contributed by atoms with van der Waals surface area (Å²) < 4.78 is 5.66. The van der Waals surface area contributed by atoms with Gasteiger partial charge in [0.25, 0.3) is 0 Å². The highest BCUT2D eigenvalue weighted by molar-refractivity contribution is 5.74. The molecule has 0 radical (unpaired) electrons. The molecule has 1 aromatic rings. The molecule has 0 heterocycles. The van der Waals surface area contributed by atoms with Crippen LogP contribution in [0.1, 0.15) is 51.6 Å². The van der Waals surface area contributed by atoms with Gasteiger partial charge in [-0.3, -0.25) is 0 Å². The normalized spacial score (nSPS) is 17.5. The summed E-state index contributed by atoms with van der Waals surface area (Å²) in [6, 6.07) is 7.32. The number of aliphatic hydroxyl groups is 1. The molecule has 1 fully saturated rings. The van der Waals surface area contributed by atoms with E-state index in [9.17, 15) is 9.90 Å². The fourth-order valence-corrected chi connectivity index (χ4v) is 2.47. The number of carbonyl (C=O) groups excluding carboxylic acids is 1. The van der Waals surface area contributed by atoms with E-state index in [1.165, 1.54) is 0 Å². The van der Waals surface area contributed by atoms with Crippen LogP contribution in [0.15, 0.2) is 24.3 Å². The van der Waals surface area contributed by atoms with Crippen LogP contribution in [0.25, 0.3) is 0 Å². The van der Waals surface area contributed by atoms with Gasteiger partial charge in [-0.25, -0.2) is 4.79 Å². The Morgan fingerprint density at radius 1 is 1.36 bits per heavy atom. The fraction of sp³-hybridized carbons (Fsp3) is 0.588. The van der Waals surface area contributed by atoms with Crippen molar-refractivity contribution in [2.45, 2.75) is 57.8 Å². The number of nitrogens with one attached hydrogen (secondary N) is 2. The summed E-state index contributed by atoms with van der Waals surface area (Å²) in [6.07, 6.45) is 2.67. The number of carbonyl (C=O) groups is 1. The van der Waals surface area contributed by atoms with E-state index in [2.05, 4.69) is 10.6 Å². The molecular formula is C17H26N2O3. The summed E-state index contributed by atoms with van der Waals surface area (Å²) in [7, 11) is 0. The fourth-order valence-electron chi connectivity index (χ4n) is 2.47. The molecule has 1 saturated carbocycles. The standard InChI is InChI=1S/C17H26N2O3/c1-12(2)22-15-7-4-6-14(10-15)13(3)19-16(20)18-11-17(21)8-5-9-17/h4,6-7,10,12-13,21H,5,8-9,11H2,1-3H3,(H2,18,19,20). The van der Waals surface area contributed by atoms with Crippen LogP contribution in [0, 0.1) is 0 Å². The number of hydrogen-bond donors (Lipinski definition) is 3. The first-order chi connectivity index (χ1) is 10.4. The molecule has 1 aliphatic carbocycles. The third kappa shape index (κ3) is 4.63. The van der Waals surface area contributed by atoms with Crippen LogP contribution < -0.4 is 15.4 Å². The van der Waals surface area contributed by atoms with Gasteiger partial charge >= 0.3 is 6.03 Å². The second-order valence-electron chi connectivity index (χ2n) is 6.37. The molecular weight excluding hydrogens is 280 g/mol. The predicted molar refractivity (Wildman–Crippen MR) is 86.0 cm³/mol. The van der Waals surface area contributed by atoms with Crippen molar-refractivity contribution >= 4 is 6.03 Å². The largest absolute Gasteiger partial charge is 0.491 e. The number of benzene rings is 1. The number of ether oxygens (including phenoxy) is 1. The van der Waals surface area contributed by atoms with Crippen LogP contribution in [0.4, 0.5) is 4.79 Å². The van der Waals surface area contributed by atoms with Crippen molar-refractivity contribution in [3.05, 3.63) is 29.8 Å². The summed E-state index contributed by atoms with van der Waals surface area (Å²) >= 11 is 0. The van der Waals surface area contributed by atoms with Crippen LogP contribution in [-0.2, 0) is 0 Å². The highest BCUT2D eigenvalue weighted by atomic mass is 16.5. The summed E-state index contributed by atoms with van der Waals surface area (Å²) in [5.41, 5.74) is 0.279. The van der Waals surface area contributed by atoms with Gasteiger partial charge in [0.1, 0.15) is 5.75 Å². The molecule has 3 N–H and O–H groups in total. The van der Waals surface area contributed by atoms with Crippen molar-refractivity contribution < 1.29 is 14.6 Å². The van der Waals surface area contributed by atoms with Crippen molar-refractivity contribution in [1.29, 1.82) is 0 Å². The Balaban J connectivity index is 1.85. The zero-order valence-corrected chi connectivity index (χ0v) is 13.6. The Morgan fingerprint density at radius 2 is 2.09 bits per heavy atom. The number of amides is 2. The lowest BCUT2D eigenvalue weighted by atomic mass is 9.80. The maximum atomic E-state index is 11.9. The third-order valence-electron chi connectivity index (χ3n) is 3.94. The molecule has 1 unspecified atom stereocenters. The summed E-state index contributed by atoms with van der Waals surface area (Å²) in [5.74, 6) is 0.797. The van der Waals surface area contributed by atoms with E-state index < -0.39 is 5.60 Å². The van der Waals surface area contributed by atoms with E-state index in [4.69, 9.17) is 4.74 Å². The molecule has 22 heavy (non-hydrogen) atoms. The van der Waals surface area contributed by atoms with Gasteiger partial charge in [-0.05, 0) is 57.7 Å². The minimum Gasteiger partial charge on any atom is -0.491 e. The Bertz CT molecular complexity index is 512. The van der Waals surface area contributed by atoms with Crippen LogP contribution >= 0.6 is 0 Å². The Morgan fingerprint density at radius 3 is 2.68 bits per heavy atom. The van der Waals surface area contributed by atoms with Gasteiger partial charge < -0.3 is 20.5 Å². The van der Waals surface area contributed by atoms with Gasteiger partial charge in [0.15, 0.2) is 0 Å². The van der Waals surface area contributed by atoms with E-state index in [-0.39, 0.29) is 18.2 Å². The molecule has 0 aromatic heterocycles. The number of hydrogen-bond acceptors (Lipinski definition) is 3. The maximum Gasteiger partial charge on any atom is 0.315 e. The molecule has 1 atom stereocenters. The molecule has 5 nitrogen and oxygen atoms in total. The number of urea groups is 1. The van der Waals surface area contributed by atoms with Crippen LogP contribution in [0.2, 0.25) is 0 Å². The van der Waals surface area contributed by atoms with E-state index in [0.29, 0.717) is 6.54 Å². The van der Waals surface area contributed by atoms with Gasteiger partial charge in [-0.2, -0.15) is 0 Å². The van der Waals surface area contributed by atoms with Crippen LogP contribution in [0.3, 0.4) is 0 Å². The molecule has 1 aromatic carbocycles. The average molecular weight is 306 g/mol. The van der Waals surface area contributed by atoms with Crippen LogP contribution in [0.5, 0.6) is 5.75 Å². The first-order valence-electron chi connectivity index (χ1n) is 7.91. The summed E-state index contributed by atoms with van der Waals surface area (Å²) in [5, 5.41) is 15.6. The van der Waals surface area contributed by atoms with Crippen molar-refractivity contribution in [3.63, 3.8) is 0 Å². The van der Waals surface area contributed by atoms with Gasteiger partial charge in [-0.15, -0.1) is 0 Å². The second kappa shape index (κ2) is 7.01. The van der Waals surface area contributed by atoms with Crippen LogP contribution in [-0.4, -0.2) is 29.4 Å². The topological polar surface area (TPSA) is 70.6 Å². The zero-order chi connectivity index (χ0) is 16.2. The zero-order valence-electron chi connectivity index (χ0n) is 13.6. The molecule has 2 amide bonds. The summed E-state index contributed by atoms with van der Waals surface area (Å²) in [4.78, 5) is 11.9. The molecule has 2 rings (SSSR count). The molecule has 122 valence electrons.